The Kier molecular flexibility index (Phi) is 6.92. The second-order valence-electron chi connectivity index (χ2n) is 7.18. The average molecular weight is 304 g/mol. The molecule has 0 amide bonds. The van der Waals surface area contributed by atoms with Crippen LogP contribution in [0.25, 0.3) is 0 Å². The summed E-state index contributed by atoms with van der Waals surface area (Å²) < 4.78 is 13.0. The van der Waals surface area contributed by atoms with Crippen LogP contribution in [0.1, 0.15) is 83.6 Å². The van der Waals surface area contributed by atoms with Crippen LogP contribution in [-0.2, 0) is 0 Å². The predicted molar refractivity (Wildman–Crippen MR) is 93.6 cm³/mol. The molecule has 1 heteroatoms. The third-order valence-corrected chi connectivity index (χ3v) is 5.84. The van der Waals surface area contributed by atoms with E-state index in [0.29, 0.717) is 5.92 Å². The lowest BCUT2D eigenvalue weighted by Gasteiger charge is -2.37. The minimum atomic E-state index is -0.112. The SMILES string of the molecule is CC.CC1CCC(C2CCC(c3ccc(F)cc3)CC2)CC1. The number of hydrogen-bond donors (Lipinski definition) is 0. The number of rotatable bonds is 2. The molecule has 22 heavy (non-hydrogen) atoms. The van der Waals surface area contributed by atoms with Crippen LogP contribution in [0.15, 0.2) is 24.3 Å². The van der Waals surface area contributed by atoms with Gasteiger partial charge in [-0.25, -0.2) is 4.39 Å². The fraction of sp³-hybridized carbons (Fsp3) is 0.714. The Bertz CT molecular complexity index is 406. The zero-order valence-corrected chi connectivity index (χ0v) is 14.7. The van der Waals surface area contributed by atoms with Crippen molar-refractivity contribution in [3.05, 3.63) is 35.6 Å². The van der Waals surface area contributed by atoms with Gasteiger partial charge in [-0.05, 0) is 79.9 Å². The summed E-state index contributed by atoms with van der Waals surface area (Å²) in [5.74, 6) is 3.49. The van der Waals surface area contributed by atoms with Crippen LogP contribution >= 0.6 is 0 Å². The Labute approximate surface area is 136 Å². The molecule has 2 aliphatic rings. The highest BCUT2D eigenvalue weighted by molar-refractivity contribution is 5.20. The maximum absolute atomic E-state index is 13.0. The molecule has 2 fully saturated rings. The van der Waals surface area contributed by atoms with E-state index in [-0.39, 0.29) is 5.82 Å². The third kappa shape index (κ3) is 4.57. The summed E-state index contributed by atoms with van der Waals surface area (Å²) >= 11 is 0. The Morgan fingerprint density at radius 1 is 0.727 bits per heavy atom. The molecular weight excluding hydrogens is 271 g/mol. The highest BCUT2D eigenvalue weighted by atomic mass is 19.1. The van der Waals surface area contributed by atoms with Crippen molar-refractivity contribution in [2.75, 3.05) is 0 Å². The Hall–Kier alpha value is -0.850. The first-order chi connectivity index (χ1) is 10.7. The maximum atomic E-state index is 13.0. The van der Waals surface area contributed by atoms with Gasteiger partial charge in [-0.15, -0.1) is 0 Å². The van der Waals surface area contributed by atoms with Crippen molar-refractivity contribution in [3.8, 4) is 0 Å². The minimum Gasteiger partial charge on any atom is -0.207 e. The molecule has 0 aromatic heterocycles. The Morgan fingerprint density at radius 3 is 1.68 bits per heavy atom. The molecule has 0 radical (unpaired) electrons. The van der Waals surface area contributed by atoms with Crippen LogP contribution in [0.2, 0.25) is 0 Å². The summed E-state index contributed by atoms with van der Waals surface area (Å²) in [7, 11) is 0. The first kappa shape index (κ1) is 17.5. The fourth-order valence-electron chi connectivity index (χ4n) is 4.42. The van der Waals surface area contributed by atoms with Gasteiger partial charge < -0.3 is 0 Å². The molecule has 0 nitrogen and oxygen atoms in total. The maximum Gasteiger partial charge on any atom is 0.123 e. The van der Waals surface area contributed by atoms with Gasteiger partial charge in [-0.3, -0.25) is 0 Å². The molecule has 0 saturated heterocycles. The molecule has 0 bridgehead atoms. The molecule has 0 spiro atoms. The highest BCUT2D eigenvalue weighted by Gasteiger charge is 2.30. The van der Waals surface area contributed by atoms with Crippen molar-refractivity contribution < 1.29 is 4.39 Å². The minimum absolute atomic E-state index is 0.112. The zero-order chi connectivity index (χ0) is 15.9. The number of halogens is 1. The second-order valence-corrected chi connectivity index (χ2v) is 7.18. The van der Waals surface area contributed by atoms with Gasteiger partial charge in [-0.1, -0.05) is 45.7 Å². The van der Waals surface area contributed by atoms with Crippen molar-refractivity contribution in [3.63, 3.8) is 0 Å². The van der Waals surface area contributed by atoms with Crippen LogP contribution in [0.3, 0.4) is 0 Å². The number of benzene rings is 1. The molecule has 124 valence electrons. The van der Waals surface area contributed by atoms with Gasteiger partial charge in [-0.2, -0.15) is 0 Å². The van der Waals surface area contributed by atoms with Gasteiger partial charge in [0.15, 0.2) is 0 Å². The first-order valence-corrected chi connectivity index (χ1v) is 9.48. The quantitative estimate of drug-likeness (QED) is 0.554. The summed E-state index contributed by atoms with van der Waals surface area (Å²) in [6.45, 7) is 6.40. The van der Waals surface area contributed by atoms with Crippen LogP contribution in [0.4, 0.5) is 4.39 Å². The van der Waals surface area contributed by atoms with E-state index in [1.165, 1.54) is 56.9 Å². The summed E-state index contributed by atoms with van der Waals surface area (Å²) in [5, 5.41) is 0. The molecule has 0 unspecified atom stereocenters. The predicted octanol–water partition coefficient (Wildman–Crippen LogP) is 6.95. The summed E-state index contributed by atoms with van der Waals surface area (Å²) in [5.41, 5.74) is 1.35. The Morgan fingerprint density at radius 2 is 1.18 bits per heavy atom. The van der Waals surface area contributed by atoms with Gasteiger partial charge in [0, 0.05) is 0 Å². The third-order valence-electron chi connectivity index (χ3n) is 5.84. The summed E-state index contributed by atoms with van der Waals surface area (Å²) in [6.07, 6.45) is 11.2. The molecule has 2 aliphatic carbocycles. The van der Waals surface area contributed by atoms with E-state index in [2.05, 4.69) is 6.92 Å². The van der Waals surface area contributed by atoms with Gasteiger partial charge >= 0.3 is 0 Å². The van der Waals surface area contributed by atoms with Crippen molar-refractivity contribution >= 4 is 0 Å². The lowest BCUT2D eigenvalue weighted by atomic mass is 9.68. The van der Waals surface area contributed by atoms with Crippen LogP contribution in [0, 0.1) is 23.6 Å². The van der Waals surface area contributed by atoms with Crippen molar-refractivity contribution in [1.29, 1.82) is 0 Å². The van der Waals surface area contributed by atoms with Crippen LogP contribution in [-0.4, -0.2) is 0 Å². The van der Waals surface area contributed by atoms with E-state index < -0.39 is 0 Å². The topological polar surface area (TPSA) is 0 Å². The van der Waals surface area contributed by atoms with Gasteiger partial charge in [0.25, 0.3) is 0 Å². The van der Waals surface area contributed by atoms with Gasteiger partial charge in [0.1, 0.15) is 5.82 Å². The van der Waals surface area contributed by atoms with E-state index in [1.54, 1.807) is 12.1 Å². The summed E-state index contributed by atoms with van der Waals surface area (Å²) in [4.78, 5) is 0. The average Bonchev–Trinajstić information content (AvgIpc) is 2.58. The molecular formula is C21H33F. The van der Waals surface area contributed by atoms with Crippen LogP contribution in [0.5, 0.6) is 0 Å². The first-order valence-electron chi connectivity index (χ1n) is 9.48. The van der Waals surface area contributed by atoms with Crippen LogP contribution < -0.4 is 0 Å². The monoisotopic (exact) mass is 304 g/mol. The molecule has 2 saturated carbocycles. The zero-order valence-electron chi connectivity index (χ0n) is 14.7. The molecule has 0 atom stereocenters. The lowest BCUT2D eigenvalue weighted by Crippen LogP contribution is -2.24. The lowest BCUT2D eigenvalue weighted by molar-refractivity contribution is 0.165. The summed E-state index contributed by atoms with van der Waals surface area (Å²) in [6, 6.07) is 7.21. The van der Waals surface area contributed by atoms with E-state index in [1.807, 2.05) is 26.0 Å². The highest BCUT2D eigenvalue weighted by Crippen LogP contribution is 2.43. The van der Waals surface area contributed by atoms with E-state index in [0.717, 1.165) is 17.8 Å². The molecule has 1 aromatic rings. The van der Waals surface area contributed by atoms with E-state index in [4.69, 9.17) is 0 Å². The standard InChI is InChI=1S/C19H27F.C2H6/c1-14-2-4-15(5-3-14)16-6-8-17(9-7-16)18-10-12-19(20)13-11-18;1-2/h10-17H,2-9H2,1H3;1-2H3. The fourth-order valence-corrected chi connectivity index (χ4v) is 4.42. The largest absolute Gasteiger partial charge is 0.207 e. The van der Waals surface area contributed by atoms with E-state index in [9.17, 15) is 4.39 Å². The van der Waals surface area contributed by atoms with Crippen molar-refractivity contribution in [2.45, 2.75) is 78.1 Å². The van der Waals surface area contributed by atoms with Crippen molar-refractivity contribution in [2.24, 2.45) is 17.8 Å². The Balaban J connectivity index is 0.000000847. The normalized spacial score (nSPS) is 32.0. The molecule has 0 heterocycles. The smallest absolute Gasteiger partial charge is 0.123 e. The molecule has 0 aliphatic heterocycles. The van der Waals surface area contributed by atoms with Gasteiger partial charge in [0.05, 0.1) is 0 Å². The molecule has 0 N–H and O–H groups in total. The second kappa shape index (κ2) is 8.70. The molecule has 3 rings (SSSR count). The number of hydrogen-bond acceptors (Lipinski definition) is 0. The van der Waals surface area contributed by atoms with E-state index >= 15 is 0 Å². The molecule has 1 aromatic carbocycles. The van der Waals surface area contributed by atoms with Gasteiger partial charge in [0.2, 0.25) is 0 Å². The van der Waals surface area contributed by atoms with Crippen molar-refractivity contribution in [1.82, 2.24) is 0 Å².